The van der Waals surface area contributed by atoms with Gasteiger partial charge >= 0.3 is 17.1 Å². The molecule has 23 heteroatoms. The third-order valence-electron chi connectivity index (χ3n) is 7.67. The Labute approximate surface area is 257 Å². The van der Waals surface area contributed by atoms with E-state index in [4.69, 9.17) is 34.2 Å². The van der Waals surface area contributed by atoms with E-state index in [1.807, 2.05) is 0 Å². The van der Waals surface area contributed by atoms with Crippen LogP contribution in [0.3, 0.4) is 0 Å². The molecule has 3 aliphatic rings. The van der Waals surface area contributed by atoms with Crippen molar-refractivity contribution in [3.63, 3.8) is 0 Å². The molecule has 3 aliphatic heterocycles. The van der Waals surface area contributed by atoms with E-state index >= 15 is 4.39 Å². The van der Waals surface area contributed by atoms with Crippen molar-refractivity contribution in [1.82, 2.24) is 38.8 Å². The number of aromatic nitrogens is 7. The molecule has 8 atom stereocenters. The first kappa shape index (κ1) is 30.4. The number of nitrogens with one attached hydrogen (secondary N) is 2. The summed E-state index contributed by atoms with van der Waals surface area (Å²) in [5.41, 5.74) is 12.0. The number of nitrogen functional groups attached to an aromatic ring is 2. The number of hydrogen-bond donors (Lipinski definition) is 5. The second-order valence-corrected chi connectivity index (χ2v) is 14.9. The summed E-state index contributed by atoms with van der Waals surface area (Å²) in [6.07, 6.45) is -5.60. The maximum atomic E-state index is 16.1. The van der Waals surface area contributed by atoms with Crippen LogP contribution in [-0.2, 0) is 44.6 Å². The van der Waals surface area contributed by atoms with Crippen LogP contribution >= 0.6 is 19.0 Å². The molecule has 3 saturated heterocycles. The quantitative estimate of drug-likeness (QED) is 0.137. The van der Waals surface area contributed by atoms with E-state index in [-0.39, 0.29) is 34.9 Å². The Morgan fingerprint density at radius 1 is 1.18 bits per heavy atom. The summed E-state index contributed by atoms with van der Waals surface area (Å²) in [7, 11) is -2.89. The number of thiol groups is 1. The van der Waals surface area contributed by atoms with Gasteiger partial charge in [-0.25, -0.2) is 28.1 Å². The topological polar surface area (TPSA) is 256 Å². The van der Waals surface area contributed by atoms with Crippen LogP contribution in [0.2, 0.25) is 0 Å². The molecular formula is C22H26FN10O9PS2. The van der Waals surface area contributed by atoms with E-state index in [1.165, 1.54) is 17.2 Å². The van der Waals surface area contributed by atoms with E-state index in [1.54, 1.807) is 17.8 Å². The SMILES string of the molecule is Cn1cc([C@@H]2O[C@@H]3CNS(=O)(=O)O[C@@H]4C[C@@H](CO[P@](=O)(S)O[C@H]3[C@H]2F)O[C@@H]4n2cnc3c(=O)[nH]c(N)nc32)c2ncnc(N)c21. The number of nitrogens with two attached hydrogens (primary N) is 2. The van der Waals surface area contributed by atoms with Crippen molar-refractivity contribution in [3.05, 3.63) is 34.8 Å². The maximum Gasteiger partial charge on any atom is 0.386 e. The highest BCUT2D eigenvalue weighted by molar-refractivity contribution is 8.44. The molecule has 0 saturated carbocycles. The van der Waals surface area contributed by atoms with Crippen molar-refractivity contribution >= 4 is 63.3 Å². The Kier molecular flexibility index (Phi) is 7.41. The number of aromatic amines is 1. The van der Waals surface area contributed by atoms with Crippen molar-refractivity contribution in [2.45, 2.75) is 49.3 Å². The Balaban J connectivity index is 1.20. The van der Waals surface area contributed by atoms with Crippen molar-refractivity contribution in [1.29, 1.82) is 0 Å². The predicted molar refractivity (Wildman–Crippen MR) is 156 cm³/mol. The van der Waals surface area contributed by atoms with Crippen molar-refractivity contribution in [3.8, 4) is 0 Å². The fourth-order valence-corrected chi connectivity index (χ4v) is 8.21. The molecule has 0 aromatic carbocycles. The minimum Gasteiger partial charge on any atom is -0.382 e. The van der Waals surface area contributed by atoms with Crippen molar-refractivity contribution in [2.24, 2.45) is 7.05 Å². The lowest BCUT2D eigenvalue weighted by atomic mass is 10.0. The summed E-state index contributed by atoms with van der Waals surface area (Å²) in [5, 5.41) is 0. The number of nitrogens with zero attached hydrogens (tertiary/aromatic N) is 6. The van der Waals surface area contributed by atoms with Gasteiger partial charge in [-0.2, -0.15) is 18.1 Å². The van der Waals surface area contributed by atoms with E-state index in [0.29, 0.717) is 11.0 Å². The van der Waals surface area contributed by atoms with Crippen LogP contribution in [0.1, 0.15) is 24.3 Å². The molecule has 4 aromatic rings. The number of alkyl halides is 1. The van der Waals surface area contributed by atoms with Crippen LogP contribution in [0.4, 0.5) is 16.2 Å². The van der Waals surface area contributed by atoms with Gasteiger partial charge in [0.2, 0.25) is 5.95 Å². The first-order chi connectivity index (χ1) is 21.3. The zero-order chi connectivity index (χ0) is 31.8. The van der Waals surface area contributed by atoms with Crippen LogP contribution in [0.25, 0.3) is 22.2 Å². The number of ether oxygens (including phenoxy) is 2. The summed E-state index contributed by atoms with van der Waals surface area (Å²) in [6, 6.07) is 0. The minimum atomic E-state index is -4.56. The normalized spacial score (nSPS) is 33.9. The minimum absolute atomic E-state index is 0.00813. The van der Waals surface area contributed by atoms with Crippen LogP contribution < -0.4 is 21.7 Å². The third-order valence-corrected chi connectivity index (χ3v) is 10.3. The van der Waals surface area contributed by atoms with Gasteiger partial charge in [-0.15, -0.1) is 0 Å². The molecule has 0 amide bonds. The highest BCUT2D eigenvalue weighted by atomic mass is 32.7. The van der Waals surface area contributed by atoms with Crippen LogP contribution in [0.5, 0.6) is 0 Å². The van der Waals surface area contributed by atoms with Gasteiger partial charge < -0.3 is 25.5 Å². The summed E-state index contributed by atoms with van der Waals surface area (Å²) in [4.78, 5) is 30.9. The zero-order valence-electron chi connectivity index (χ0n) is 23.1. The van der Waals surface area contributed by atoms with Gasteiger partial charge in [-0.1, -0.05) is 12.2 Å². The molecule has 3 fully saturated rings. The Bertz CT molecular complexity index is 2020. The molecule has 45 heavy (non-hydrogen) atoms. The van der Waals surface area contributed by atoms with Crippen LogP contribution in [0, 0.1) is 0 Å². The van der Waals surface area contributed by atoms with Crippen molar-refractivity contribution < 1.29 is 40.1 Å². The van der Waals surface area contributed by atoms with E-state index < -0.39 is 78.7 Å². The number of rotatable bonds is 2. The Morgan fingerprint density at radius 2 is 1.98 bits per heavy atom. The lowest BCUT2D eigenvalue weighted by Crippen LogP contribution is -2.41. The number of anilines is 2. The van der Waals surface area contributed by atoms with E-state index in [9.17, 15) is 17.8 Å². The van der Waals surface area contributed by atoms with Gasteiger partial charge in [0.25, 0.3) is 5.56 Å². The van der Waals surface area contributed by atoms with Crippen LogP contribution in [-0.4, -0.2) is 86.2 Å². The first-order valence-corrected chi connectivity index (χ1v) is 17.5. The average Bonchev–Trinajstić information content (AvgIpc) is 3.71. The molecule has 2 bridgehead atoms. The molecule has 19 nitrogen and oxygen atoms in total. The fourth-order valence-electron chi connectivity index (χ4n) is 5.77. The van der Waals surface area contributed by atoms with Gasteiger partial charge in [-0.05, 0) is 0 Å². The zero-order valence-corrected chi connectivity index (χ0v) is 25.7. The molecule has 0 aliphatic carbocycles. The molecule has 242 valence electrons. The molecular weight excluding hydrogens is 662 g/mol. The molecule has 4 aromatic heterocycles. The summed E-state index contributed by atoms with van der Waals surface area (Å²) < 4.78 is 89.4. The number of hydrogen-bond acceptors (Lipinski definition) is 15. The lowest BCUT2D eigenvalue weighted by molar-refractivity contribution is -0.0433. The summed E-state index contributed by atoms with van der Waals surface area (Å²) >= 11 is 4.05. The molecule has 6 N–H and O–H groups in total. The maximum absolute atomic E-state index is 16.1. The molecule has 7 rings (SSSR count). The summed E-state index contributed by atoms with van der Waals surface area (Å²) in [6.45, 7) is -5.26. The monoisotopic (exact) mass is 688 g/mol. The summed E-state index contributed by atoms with van der Waals surface area (Å²) in [5.74, 6) is -0.0479. The van der Waals surface area contributed by atoms with Gasteiger partial charge in [0, 0.05) is 31.8 Å². The second-order valence-electron chi connectivity index (χ2n) is 10.6. The van der Waals surface area contributed by atoms with Gasteiger partial charge in [-0.3, -0.25) is 23.4 Å². The fraction of sp³-hybridized carbons (Fsp3) is 0.500. The second kappa shape index (κ2) is 11.0. The third kappa shape index (κ3) is 5.48. The Morgan fingerprint density at radius 3 is 2.78 bits per heavy atom. The number of H-pyrrole nitrogens is 1. The number of imidazole rings is 1. The standard InChI is InChI=1S/C22H26FN10O9PS2/c1-32-4-9(13-15(32)18(24)27-6-26-13)16-12(23)17-11(40-16)3-29-45(36,37)42-10-2-8(5-38-43(35,44)41-17)39-21(10)33-7-28-14-19(33)30-22(25)31-20(14)34/h4,6-8,10-12,16-17,21,29H,2-3,5H2,1H3,(H,35,44)(H2,24,26,27)(H3,25,30,31,34)/t8-,10+,11+,12-,16-,17+,21-,43-/m0/s1. The number of aryl methyl sites for hydroxylation is 1. The lowest BCUT2D eigenvalue weighted by Gasteiger charge is -2.25. The molecule has 0 radical (unpaired) electrons. The molecule has 7 heterocycles. The number of halogens is 1. The van der Waals surface area contributed by atoms with Gasteiger partial charge in [0.15, 0.2) is 29.4 Å². The smallest absolute Gasteiger partial charge is 0.382 e. The number of fused-ring (bicyclic) bond motifs is 5. The Hall–Kier alpha value is -3.21. The van der Waals surface area contributed by atoms with Crippen LogP contribution in [0.15, 0.2) is 23.6 Å². The average molecular weight is 689 g/mol. The van der Waals surface area contributed by atoms with E-state index in [0.717, 1.165) is 0 Å². The van der Waals surface area contributed by atoms with Gasteiger partial charge in [0.05, 0.1) is 24.6 Å². The highest BCUT2D eigenvalue weighted by Gasteiger charge is 2.51. The highest BCUT2D eigenvalue weighted by Crippen LogP contribution is 2.57. The largest absolute Gasteiger partial charge is 0.386 e. The molecule has 0 spiro atoms. The van der Waals surface area contributed by atoms with E-state index in [2.05, 4.69) is 41.9 Å². The molecule has 0 unspecified atom stereocenters. The van der Waals surface area contributed by atoms with Crippen molar-refractivity contribution in [2.75, 3.05) is 24.6 Å². The predicted octanol–water partition coefficient (Wildman–Crippen LogP) is 0.00430. The first-order valence-electron chi connectivity index (χ1n) is 13.4. The van der Waals surface area contributed by atoms with Gasteiger partial charge in [0.1, 0.15) is 36.3 Å².